The number of ether oxygens (including phenoxy) is 5. The molecule has 0 amide bonds. The first-order chi connectivity index (χ1) is 14.2. The summed E-state index contributed by atoms with van der Waals surface area (Å²) in [5.41, 5.74) is 1.78. The van der Waals surface area contributed by atoms with Crippen molar-refractivity contribution in [3.05, 3.63) is 23.3 Å². The molecule has 0 spiro atoms. The Morgan fingerprint density at radius 3 is 1.87 bits per heavy atom. The standard InChI is InChI=1S/C23H30O7/c1-12-8-13-9-15(26-3)20(28-5)19(24)17(13)18-14(11-23(12,2)25)10-16(27-4)21(29-6)22(18)30-7/h9-10,12,24-25H,8,11H2,1-7H3/t12-,23+/m0/s1. The molecule has 0 aliphatic heterocycles. The Labute approximate surface area is 177 Å². The number of hydrogen-bond acceptors (Lipinski definition) is 7. The van der Waals surface area contributed by atoms with E-state index in [1.54, 1.807) is 7.11 Å². The highest BCUT2D eigenvalue weighted by molar-refractivity contribution is 5.88. The van der Waals surface area contributed by atoms with Gasteiger partial charge in [-0.05, 0) is 42.5 Å². The van der Waals surface area contributed by atoms with Gasteiger partial charge in [0, 0.05) is 17.5 Å². The van der Waals surface area contributed by atoms with Gasteiger partial charge in [0.05, 0.1) is 41.2 Å². The lowest BCUT2D eigenvalue weighted by molar-refractivity contribution is 0.00628. The Balaban J connectivity index is 2.51. The molecule has 0 aromatic heterocycles. The van der Waals surface area contributed by atoms with Crippen LogP contribution in [-0.2, 0) is 12.8 Å². The maximum absolute atomic E-state index is 11.2. The monoisotopic (exact) mass is 418 g/mol. The molecule has 2 N–H and O–H groups in total. The number of phenols is 1. The molecular formula is C23H30O7. The second-order valence-corrected chi connectivity index (χ2v) is 7.81. The second-order valence-electron chi connectivity index (χ2n) is 7.81. The summed E-state index contributed by atoms with van der Waals surface area (Å²) in [6, 6.07) is 3.66. The maximum atomic E-state index is 11.2. The van der Waals surface area contributed by atoms with E-state index in [9.17, 15) is 10.2 Å². The number of aromatic hydroxyl groups is 1. The number of aliphatic hydroxyl groups is 1. The van der Waals surface area contributed by atoms with Crippen molar-refractivity contribution >= 4 is 0 Å². The van der Waals surface area contributed by atoms with E-state index in [2.05, 4.69) is 0 Å². The number of fused-ring (bicyclic) bond motifs is 3. The summed E-state index contributed by atoms with van der Waals surface area (Å²) in [7, 11) is 7.62. The molecule has 164 valence electrons. The van der Waals surface area contributed by atoms with Gasteiger partial charge in [0.1, 0.15) is 0 Å². The van der Waals surface area contributed by atoms with Crippen LogP contribution in [-0.4, -0.2) is 51.4 Å². The first-order valence-electron chi connectivity index (χ1n) is 9.75. The van der Waals surface area contributed by atoms with Gasteiger partial charge in [0.25, 0.3) is 0 Å². The van der Waals surface area contributed by atoms with Crippen molar-refractivity contribution in [1.29, 1.82) is 0 Å². The molecule has 2 aromatic rings. The molecule has 0 radical (unpaired) electrons. The smallest absolute Gasteiger partial charge is 0.203 e. The number of rotatable bonds is 5. The molecule has 2 atom stereocenters. The van der Waals surface area contributed by atoms with E-state index in [0.29, 0.717) is 47.0 Å². The van der Waals surface area contributed by atoms with E-state index in [1.165, 1.54) is 28.4 Å². The molecule has 0 unspecified atom stereocenters. The molecular weight excluding hydrogens is 388 g/mol. The van der Waals surface area contributed by atoms with Crippen molar-refractivity contribution in [2.45, 2.75) is 32.3 Å². The van der Waals surface area contributed by atoms with Crippen molar-refractivity contribution < 1.29 is 33.9 Å². The fraction of sp³-hybridized carbons (Fsp3) is 0.478. The molecule has 0 fully saturated rings. The molecule has 0 saturated carbocycles. The largest absolute Gasteiger partial charge is 0.504 e. The normalized spacial score (nSPS) is 20.3. The lowest BCUT2D eigenvalue weighted by atomic mass is 9.75. The first-order valence-corrected chi connectivity index (χ1v) is 9.75. The SMILES string of the molecule is COc1cc2c(c(O)c1OC)-c1c(cc(OC)c(OC)c1OC)C[C@@](C)(O)[C@@H](C)C2. The van der Waals surface area contributed by atoms with Crippen LogP contribution in [0.2, 0.25) is 0 Å². The highest BCUT2D eigenvalue weighted by atomic mass is 16.5. The van der Waals surface area contributed by atoms with E-state index < -0.39 is 5.60 Å². The van der Waals surface area contributed by atoms with Gasteiger partial charge in [0.2, 0.25) is 11.5 Å². The van der Waals surface area contributed by atoms with Crippen molar-refractivity contribution in [2.75, 3.05) is 35.5 Å². The molecule has 0 saturated heterocycles. The van der Waals surface area contributed by atoms with Crippen molar-refractivity contribution in [1.82, 2.24) is 0 Å². The Hall–Kier alpha value is -2.80. The Morgan fingerprint density at radius 1 is 0.800 bits per heavy atom. The lowest BCUT2D eigenvalue weighted by Gasteiger charge is -2.35. The fourth-order valence-electron chi connectivity index (χ4n) is 4.20. The molecule has 7 nitrogen and oxygen atoms in total. The van der Waals surface area contributed by atoms with Gasteiger partial charge >= 0.3 is 0 Å². The van der Waals surface area contributed by atoms with Crippen molar-refractivity contribution in [3.63, 3.8) is 0 Å². The minimum absolute atomic E-state index is 0.0487. The van der Waals surface area contributed by atoms with Crippen LogP contribution in [0.5, 0.6) is 34.5 Å². The molecule has 1 aliphatic carbocycles. The molecule has 2 aromatic carbocycles. The van der Waals surface area contributed by atoms with E-state index in [0.717, 1.165) is 11.1 Å². The van der Waals surface area contributed by atoms with Gasteiger partial charge in [-0.15, -0.1) is 0 Å². The average molecular weight is 418 g/mol. The van der Waals surface area contributed by atoms with E-state index >= 15 is 0 Å². The van der Waals surface area contributed by atoms with Crippen LogP contribution in [0.15, 0.2) is 12.1 Å². The summed E-state index contributed by atoms with van der Waals surface area (Å²) in [6.45, 7) is 3.80. The minimum Gasteiger partial charge on any atom is -0.504 e. The van der Waals surface area contributed by atoms with E-state index in [1.807, 2.05) is 26.0 Å². The fourth-order valence-corrected chi connectivity index (χ4v) is 4.20. The van der Waals surface area contributed by atoms with Gasteiger partial charge in [0.15, 0.2) is 23.0 Å². The summed E-state index contributed by atoms with van der Waals surface area (Å²) in [5, 5.41) is 22.5. The Bertz CT molecular complexity index is 950. The minimum atomic E-state index is -1.00. The molecule has 0 heterocycles. The highest BCUT2D eigenvalue weighted by Gasteiger charge is 2.37. The molecule has 7 heteroatoms. The van der Waals surface area contributed by atoms with Gasteiger partial charge in [-0.3, -0.25) is 0 Å². The van der Waals surface area contributed by atoms with E-state index in [4.69, 9.17) is 23.7 Å². The Morgan fingerprint density at radius 2 is 1.33 bits per heavy atom. The third-order valence-corrected chi connectivity index (χ3v) is 6.02. The van der Waals surface area contributed by atoms with Crippen LogP contribution < -0.4 is 23.7 Å². The zero-order valence-corrected chi connectivity index (χ0v) is 18.6. The number of methoxy groups -OCH3 is 5. The third-order valence-electron chi connectivity index (χ3n) is 6.02. The predicted molar refractivity (Wildman–Crippen MR) is 113 cm³/mol. The number of phenolic OH excluding ortho intramolecular Hbond substituents is 1. The number of hydrogen-bond donors (Lipinski definition) is 2. The highest BCUT2D eigenvalue weighted by Crippen LogP contribution is 2.55. The Kier molecular flexibility index (Phi) is 5.94. The van der Waals surface area contributed by atoms with Crippen LogP contribution in [0.4, 0.5) is 0 Å². The molecule has 30 heavy (non-hydrogen) atoms. The van der Waals surface area contributed by atoms with Crippen LogP contribution >= 0.6 is 0 Å². The summed E-state index contributed by atoms with van der Waals surface area (Å²) in [5.74, 6) is 1.82. The summed E-state index contributed by atoms with van der Waals surface area (Å²) >= 11 is 0. The van der Waals surface area contributed by atoms with Crippen LogP contribution in [0.3, 0.4) is 0 Å². The van der Waals surface area contributed by atoms with Gasteiger partial charge < -0.3 is 33.9 Å². The predicted octanol–water partition coefficient (Wildman–Crippen LogP) is 3.59. The third kappa shape index (κ3) is 3.37. The van der Waals surface area contributed by atoms with Crippen LogP contribution in [0.25, 0.3) is 11.1 Å². The zero-order valence-electron chi connectivity index (χ0n) is 18.6. The first kappa shape index (κ1) is 21.9. The quantitative estimate of drug-likeness (QED) is 0.767. The second kappa shape index (κ2) is 8.14. The van der Waals surface area contributed by atoms with E-state index in [-0.39, 0.29) is 17.4 Å². The zero-order chi connectivity index (χ0) is 22.2. The number of benzene rings is 2. The summed E-state index contributed by atoms with van der Waals surface area (Å²) in [4.78, 5) is 0. The van der Waals surface area contributed by atoms with Gasteiger partial charge in [-0.25, -0.2) is 0 Å². The van der Waals surface area contributed by atoms with Crippen molar-refractivity contribution in [2.24, 2.45) is 5.92 Å². The lowest BCUT2D eigenvalue weighted by Crippen LogP contribution is -2.37. The van der Waals surface area contributed by atoms with Gasteiger partial charge in [-0.2, -0.15) is 0 Å². The molecule has 1 aliphatic rings. The van der Waals surface area contributed by atoms with Crippen LogP contribution in [0, 0.1) is 5.92 Å². The van der Waals surface area contributed by atoms with Crippen LogP contribution in [0.1, 0.15) is 25.0 Å². The maximum Gasteiger partial charge on any atom is 0.203 e. The summed E-state index contributed by atoms with van der Waals surface area (Å²) in [6.07, 6.45) is 0.862. The summed E-state index contributed by atoms with van der Waals surface area (Å²) < 4.78 is 27.7. The van der Waals surface area contributed by atoms with Crippen molar-refractivity contribution in [3.8, 4) is 45.6 Å². The molecule has 0 bridgehead atoms. The topological polar surface area (TPSA) is 86.6 Å². The average Bonchev–Trinajstić information content (AvgIpc) is 2.72. The van der Waals surface area contributed by atoms with Gasteiger partial charge in [-0.1, -0.05) is 6.92 Å². The molecule has 3 rings (SSSR count).